The highest BCUT2D eigenvalue weighted by Gasteiger charge is 2.26. The molecule has 0 bridgehead atoms. The predicted molar refractivity (Wildman–Crippen MR) is 71.6 cm³/mol. The van der Waals surface area contributed by atoms with Crippen LogP contribution in [0.2, 0.25) is 0 Å². The van der Waals surface area contributed by atoms with Gasteiger partial charge in [0.2, 0.25) is 5.91 Å². The molecule has 0 heterocycles. The van der Waals surface area contributed by atoms with Crippen molar-refractivity contribution in [2.75, 3.05) is 11.2 Å². The fourth-order valence-electron chi connectivity index (χ4n) is 2.01. The summed E-state index contributed by atoms with van der Waals surface area (Å²) >= 11 is 5.79. The van der Waals surface area contributed by atoms with Gasteiger partial charge in [0.15, 0.2) is 0 Å². The lowest BCUT2D eigenvalue weighted by Crippen LogP contribution is -2.32. The molecule has 1 aromatic rings. The van der Waals surface area contributed by atoms with E-state index in [2.05, 4.69) is 17.4 Å². The number of benzene rings is 1. The maximum absolute atomic E-state index is 12.0. The third kappa shape index (κ3) is 2.63. The van der Waals surface area contributed by atoms with E-state index in [0.29, 0.717) is 5.88 Å². The Morgan fingerprint density at radius 1 is 1.35 bits per heavy atom. The minimum Gasteiger partial charge on any atom is -0.326 e. The Kier molecular flexibility index (Phi) is 3.43. The van der Waals surface area contributed by atoms with Gasteiger partial charge in [-0.05, 0) is 56.4 Å². The van der Waals surface area contributed by atoms with Crippen molar-refractivity contribution < 1.29 is 4.79 Å². The van der Waals surface area contributed by atoms with Crippen molar-refractivity contribution in [1.29, 1.82) is 0 Å². The van der Waals surface area contributed by atoms with Crippen LogP contribution in [0.1, 0.15) is 31.4 Å². The van der Waals surface area contributed by atoms with Crippen molar-refractivity contribution in [3.8, 4) is 0 Å². The van der Waals surface area contributed by atoms with Gasteiger partial charge in [-0.1, -0.05) is 6.07 Å². The van der Waals surface area contributed by atoms with Gasteiger partial charge in [-0.25, -0.2) is 0 Å². The summed E-state index contributed by atoms with van der Waals surface area (Å²) in [5.74, 6) is 0.300. The van der Waals surface area contributed by atoms with E-state index in [-0.39, 0.29) is 5.91 Å². The minimum atomic E-state index is -0.527. The zero-order valence-corrected chi connectivity index (χ0v) is 11.1. The molecule has 0 atom stereocenters. The van der Waals surface area contributed by atoms with Crippen molar-refractivity contribution in [2.24, 2.45) is 5.41 Å². The van der Waals surface area contributed by atoms with Gasteiger partial charge in [0.25, 0.3) is 0 Å². The normalized spacial score (nSPS) is 14.5. The van der Waals surface area contributed by atoms with Crippen LogP contribution in [-0.2, 0) is 17.6 Å². The van der Waals surface area contributed by atoms with Gasteiger partial charge in [-0.15, -0.1) is 11.6 Å². The van der Waals surface area contributed by atoms with Gasteiger partial charge in [-0.2, -0.15) is 0 Å². The van der Waals surface area contributed by atoms with E-state index in [4.69, 9.17) is 11.6 Å². The molecule has 0 saturated heterocycles. The van der Waals surface area contributed by atoms with Crippen LogP contribution in [0, 0.1) is 5.41 Å². The lowest BCUT2D eigenvalue weighted by Gasteiger charge is -2.20. The summed E-state index contributed by atoms with van der Waals surface area (Å²) in [5.41, 5.74) is 3.14. The zero-order valence-electron chi connectivity index (χ0n) is 10.3. The number of anilines is 1. The van der Waals surface area contributed by atoms with Crippen LogP contribution in [0.4, 0.5) is 5.69 Å². The van der Waals surface area contributed by atoms with Gasteiger partial charge in [0.1, 0.15) is 0 Å². The Labute approximate surface area is 107 Å². The van der Waals surface area contributed by atoms with Crippen LogP contribution in [0.25, 0.3) is 0 Å². The van der Waals surface area contributed by atoms with Gasteiger partial charge < -0.3 is 5.32 Å². The first-order valence-electron chi connectivity index (χ1n) is 6.02. The number of aryl methyl sites for hydroxylation is 2. The quantitative estimate of drug-likeness (QED) is 0.820. The zero-order chi connectivity index (χ0) is 12.5. The molecule has 0 radical (unpaired) electrons. The molecule has 3 heteroatoms. The van der Waals surface area contributed by atoms with Gasteiger partial charge >= 0.3 is 0 Å². The molecule has 1 N–H and O–H groups in total. The number of halogens is 1. The van der Waals surface area contributed by atoms with E-state index in [1.807, 2.05) is 19.9 Å². The summed E-state index contributed by atoms with van der Waals surface area (Å²) in [6, 6.07) is 6.18. The molecule has 1 aliphatic rings. The van der Waals surface area contributed by atoms with Crippen LogP contribution in [0.3, 0.4) is 0 Å². The van der Waals surface area contributed by atoms with E-state index >= 15 is 0 Å². The lowest BCUT2D eigenvalue weighted by atomic mass is 9.95. The van der Waals surface area contributed by atoms with Crippen LogP contribution in [-0.4, -0.2) is 11.8 Å². The number of alkyl halides is 1. The predicted octanol–water partition coefficient (Wildman–Crippen LogP) is 3.38. The van der Waals surface area contributed by atoms with Crippen molar-refractivity contribution in [2.45, 2.75) is 33.1 Å². The topological polar surface area (TPSA) is 29.1 Å². The largest absolute Gasteiger partial charge is 0.326 e. The smallest absolute Gasteiger partial charge is 0.231 e. The highest BCUT2D eigenvalue weighted by Crippen LogP contribution is 2.26. The molecule has 0 unspecified atom stereocenters. The van der Waals surface area contributed by atoms with Crippen molar-refractivity contribution in [1.82, 2.24) is 0 Å². The molecular weight excluding hydrogens is 234 g/mol. The van der Waals surface area contributed by atoms with E-state index in [1.54, 1.807) is 0 Å². The van der Waals surface area contributed by atoms with Crippen molar-refractivity contribution in [3.63, 3.8) is 0 Å². The summed E-state index contributed by atoms with van der Waals surface area (Å²) in [5, 5.41) is 2.94. The first-order valence-corrected chi connectivity index (χ1v) is 6.55. The summed E-state index contributed by atoms with van der Waals surface area (Å²) in [4.78, 5) is 12.0. The monoisotopic (exact) mass is 251 g/mol. The third-order valence-electron chi connectivity index (χ3n) is 3.31. The van der Waals surface area contributed by atoms with Gasteiger partial charge in [0, 0.05) is 11.6 Å². The maximum Gasteiger partial charge on any atom is 0.231 e. The molecule has 0 spiro atoms. The third-order valence-corrected chi connectivity index (χ3v) is 3.97. The molecule has 0 saturated carbocycles. The standard InChI is InChI=1S/C14H18ClNO/c1-14(2,9-15)13(17)16-12-7-6-10-4-3-5-11(10)8-12/h6-8H,3-5,9H2,1-2H3,(H,16,17). The Balaban J connectivity index is 2.12. The Morgan fingerprint density at radius 2 is 2.06 bits per heavy atom. The van der Waals surface area contributed by atoms with Gasteiger partial charge in [-0.3, -0.25) is 4.79 Å². The second-order valence-electron chi connectivity index (χ2n) is 5.31. The Bertz CT molecular complexity index is 440. The number of hydrogen-bond acceptors (Lipinski definition) is 1. The number of carbonyl (C=O) groups is 1. The molecule has 0 aliphatic heterocycles. The first kappa shape index (κ1) is 12.4. The lowest BCUT2D eigenvalue weighted by molar-refractivity contribution is -0.122. The Hall–Kier alpha value is -1.02. The highest BCUT2D eigenvalue weighted by molar-refractivity contribution is 6.20. The average molecular weight is 252 g/mol. The first-order chi connectivity index (χ1) is 8.03. The molecule has 1 aromatic carbocycles. The maximum atomic E-state index is 12.0. The molecule has 92 valence electrons. The number of hydrogen-bond donors (Lipinski definition) is 1. The number of nitrogens with one attached hydrogen (secondary N) is 1. The minimum absolute atomic E-state index is 0.0227. The van der Waals surface area contributed by atoms with E-state index in [0.717, 1.165) is 18.5 Å². The summed E-state index contributed by atoms with van der Waals surface area (Å²) in [7, 11) is 0. The summed E-state index contributed by atoms with van der Waals surface area (Å²) < 4.78 is 0. The molecular formula is C14H18ClNO. The number of rotatable bonds is 3. The molecule has 0 aromatic heterocycles. The molecule has 2 nitrogen and oxygen atoms in total. The van der Waals surface area contributed by atoms with Crippen LogP contribution in [0.5, 0.6) is 0 Å². The molecule has 0 fully saturated rings. The highest BCUT2D eigenvalue weighted by atomic mass is 35.5. The van der Waals surface area contributed by atoms with Gasteiger partial charge in [0.05, 0.1) is 5.41 Å². The fraction of sp³-hybridized carbons (Fsp3) is 0.500. The second-order valence-corrected chi connectivity index (χ2v) is 5.58. The van der Waals surface area contributed by atoms with E-state index in [9.17, 15) is 4.79 Å². The van der Waals surface area contributed by atoms with E-state index < -0.39 is 5.41 Å². The average Bonchev–Trinajstić information content (AvgIpc) is 2.76. The second kappa shape index (κ2) is 4.69. The number of carbonyl (C=O) groups excluding carboxylic acids is 1. The number of amides is 1. The van der Waals surface area contributed by atoms with Crippen molar-refractivity contribution in [3.05, 3.63) is 29.3 Å². The van der Waals surface area contributed by atoms with Crippen molar-refractivity contribution >= 4 is 23.2 Å². The number of fused-ring (bicyclic) bond motifs is 1. The fourth-order valence-corrected chi connectivity index (χ4v) is 2.13. The molecule has 1 aliphatic carbocycles. The molecule has 2 rings (SSSR count). The van der Waals surface area contributed by atoms with Crippen LogP contribution >= 0.6 is 11.6 Å². The summed E-state index contributed by atoms with van der Waals surface area (Å²) in [6.07, 6.45) is 3.51. The molecule has 1 amide bonds. The molecule has 17 heavy (non-hydrogen) atoms. The Morgan fingerprint density at radius 3 is 2.76 bits per heavy atom. The van der Waals surface area contributed by atoms with Crippen LogP contribution in [0.15, 0.2) is 18.2 Å². The SMILES string of the molecule is CC(C)(CCl)C(=O)Nc1ccc2c(c1)CCC2. The summed E-state index contributed by atoms with van der Waals surface area (Å²) in [6.45, 7) is 3.70. The van der Waals surface area contributed by atoms with E-state index in [1.165, 1.54) is 17.5 Å². The van der Waals surface area contributed by atoms with Crippen LogP contribution < -0.4 is 5.32 Å².